The maximum Gasteiger partial charge on any atom is 0.122 e. The van der Waals surface area contributed by atoms with Crippen molar-refractivity contribution in [2.75, 3.05) is 40.3 Å². The van der Waals surface area contributed by atoms with Gasteiger partial charge in [-0.1, -0.05) is 6.92 Å². The lowest BCUT2D eigenvalue weighted by Crippen LogP contribution is -2.46. The molecule has 0 spiro atoms. The minimum Gasteiger partial charge on any atom is -0.468 e. The van der Waals surface area contributed by atoms with Crippen LogP contribution in [0.5, 0.6) is 0 Å². The Morgan fingerprint density at radius 1 is 1.44 bits per heavy atom. The fourth-order valence-corrected chi connectivity index (χ4v) is 2.78. The van der Waals surface area contributed by atoms with Crippen LogP contribution in [0.4, 0.5) is 0 Å². The van der Waals surface area contributed by atoms with Crippen molar-refractivity contribution < 1.29 is 4.42 Å². The summed E-state index contributed by atoms with van der Waals surface area (Å²) in [5.41, 5.74) is 0. The third kappa shape index (κ3) is 3.13. The maximum absolute atomic E-state index is 5.62. The van der Waals surface area contributed by atoms with Crippen LogP contribution in [-0.2, 0) is 0 Å². The van der Waals surface area contributed by atoms with Crippen molar-refractivity contribution in [1.82, 2.24) is 15.1 Å². The molecule has 0 saturated carbocycles. The van der Waals surface area contributed by atoms with E-state index in [0.29, 0.717) is 6.04 Å². The summed E-state index contributed by atoms with van der Waals surface area (Å²) in [6.45, 7) is 6.51. The molecule has 1 aromatic rings. The fourth-order valence-electron chi connectivity index (χ4n) is 2.78. The SMILES string of the molecule is CCNC(c1ccco1)C1CN(C)CCCN1C. The predicted molar refractivity (Wildman–Crippen MR) is 73.7 cm³/mol. The molecule has 0 aromatic carbocycles. The summed E-state index contributed by atoms with van der Waals surface area (Å²) in [5, 5.41) is 3.57. The highest BCUT2D eigenvalue weighted by atomic mass is 16.3. The van der Waals surface area contributed by atoms with E-state index in [9.17, 15) is 0 Å². The van der Waals surface area contributed by atoms with Gasteiger partial charge in [-0.15, -0.1) is 0 Å². The smallest absolute Gasteiger partial charge is 0.122 e. The second kappa shape index (κ2) is 6.36. The summed E-state index contributed by atoms with van der Waals surface area (Å²) in [4.78, 5) is 4.88. The second-order valence-electron chi connectivity index (χ2n) is 5.21. The Morgan fingerprint density at radius 3 is 2.94 bits per heavy atom. The van der Waals surface area contributed by atoms with Gasteiger partial charge in [-0.3, -0.25) is 0 Å². The molecule has 2 atom stereocenters. The minimum absolute atomic E-state index is 0.274. The molecule has 18 heavy (non-hydrogen) atoms. The lowest BCUT2D eigenvalue weighted by molar-refractivity contribution is 0.166. The molecule has 0 radical (unpaired) electrons. The van der Waals surface area contributed by atoms with Gasteiger partial charge in [-0.05, 0) is 52.3 Å². The van der Waals surface area contributed by atoms with Crippen molar-refractivity contribution in [2.45, 2.75) is 25.4 Å². The first-order valence-corrected chi connectivity index (χ1v) is 6.88. The van der Waals surface area contributed by atoms with Crippen molar-refractivity contribution in [3.05, 3.63) is 24.2 Å². The van der Waals surface area contributed by atoms with Gasteiger partial charge in [-0.25, -0.2) is 0 Å². The van der Waals surface area contributed by atoms with Crippen LogP contribution in [-0.4, -0.2) is 56.1 Å². The molecule has 4 nitrogen and oxygen atoms in total. The van der Waals surface area contributed by atoms with Crippen molar-refractivity contribution in [3.63, 3.8) is 0 Å². The molecular formula is C14H25N3O. The molecule has 1 aliphatic rings. The average Bonchev–Trinajstić information content (AvgIpc) is 2.81. The first-order chi connectivity index (χ1) is 8.72. The molecule has 1 fully saturated rings. The van der Waals surface area contributed by atoms with Gasteiger partial charge in [0.1, 0.15) is 5.76 Å². The number of likely N-dealkylation sites (N-methyl/N-ethyl adjacent to an activating group) is 3. The van der Waals surface area contributed by atoms with Crippen LogP contribution in [0.2, 0.25) is 0 Å². The van der Waals surface area contributed by atoms with E-state index in [1.54, 1.807) is 6.26 Å². The summed E-state index contributed by atoms with van der Waals surface area (Å²) in [7, 11) is 4.43. The molecule has 2 rings (SSSR count). The first-order valence-electron chi connectivity index (χ1n) is 6.88. The van der Waals surface area contributed by atoms with Gasteiger partial charge in [0.25, 0.3) is 0 Å². The highest BCUT2D eigenvalue weighted by molar-refractivity contribution is 5.08. The highest BCUT2D eigenvalue weighted by Crippen LogP contribution is 2.23. The van der Waals surface area contributed by atoms with Crippen LogP contribution >= 0.6 is 0 Å². The minimum atomic E-state index is 0.274. The van der Waals surface area contributed by atoms with Crippen LogP contribution in [0.3, 0.4) is 0 Å². The molecule has 102 valence electrons. The van der Waals surface area contributed by atoms with Gasteiger partial charge in [0.05, 0.1) is 12.3 Å². The van der Waals surface area contributed by atoms with E-state index < -0.39 is 0 Å². The second-order valence-corrected chi connectivity index (χ2v) is 5.21. The van der Waals surface area contributed by atoms with Gasteiger partial charge in [0.2, 0.25) is 0 Å². The summed E-state index contributed by atoms with van der Waals surface area (Å²) >= 11 is 0. The molecule has 0 aliphatic carbocycles. The first kappa shape index (κ1) is 13.6. The Labute approximate surface area is 110 Å². The zero-order valence-corrected chi connectivity index (χ0v) is 11.7. The number of furan rings is 1. The molecule has 2 unspecified atom stereocenters. The summed E-state index contributed by atoms with van der Waals surface area (Å²) in [5.74, 6) is 1.05. The molecule has 2 heterocycles. The Morgan fingerprint density at radius 2 is 2.28 bits per heavy atom. The van der Waals surface area contributed by atoms with E-state index in [-0.39, 0.29) is 6.04 Å². The van der Waals surface area contributed by atoms with Crippen LogP contribution in [0.25, 0.3) is 0 Å². The van der Waals surface area contributed by atoms with Gasteiger partial charge in [0, 0.05) is 12.6 Å². The number of hydrogen-bond donors (Lipinski definition) is 1. The van der Waals surface area contributed by atoms with E-state index >= 15 is 0 Å². The molecular weight excluding hydrogens is 226 g/mol. The van der Waals surface area contributed by atoms with Crippen molar-refractivity contribution in [1.29, 1.82) is 0 Å². The number of hydrogen-bond acceptors (Lipinski definition) is 4. The van der Waals surface area contributed by atoms with E-state index in [1.807, 2.05) is 6.07 Å². The summed E-state index contributed by atoms with van der Waals surface area (Å²) in [6.07, 6.45) is 3.00. The van der Waals surface area contributed by atoms with Crippen molar-refractivity contribution in [2.24, 2.45) is 0 Å². The topological polar surface area (TPSA) is 31.7 Å². The van der Waals surface area contributed by atoms with E-state index in [4.69, 9.17) is 4.42 Å². The fraction of sp³-hybridized carbons (Fsp3) is 0.714. The average molecular weight is 251 g/mol. The molecule has 1 aliphatic heterocycles. The molecule has 1 N–H and O–H groups in total. The number of rotatable bonds is 4. The maximum atomic E-state index is 5.62. The van der Waals surface area contributed by atoms with E-state index in [2.05, 4.69) is 42.2 Å². The number of nitrogens with zero attached hydrogens (tertiary/aromatic N) is 2. The Hall–Kier alpha value is -0.840. The van der Waals surface area contributed by atoms with Gasteiger partial charge in [-0.2, -0.15) is 0 Å². The third-order valence-electron chi connectivity index (χ3n) is 3.77. The largest absolute Gasteiger partial charge is 0.468 e. The lowest BCUT2D eigenvalue weighted by Gasteiger charge is -2.33. The molecule has 4 heteroatoms. The summed E-state index contributed by atoms with van der Waals surface area (Å²) in [6, 6.07) is 4.78. The molecule has 1 aromatic heterocycles. The Balaban J connectivity index is 2.17. The van der Waals surface area contributed by atoms with Gasteiger partial charge in [0.15, 0.2) is 0 Å². The quantitative estimate of drug-likeness (QED) is 0.880. The van der Waals surface area contributed by atoms with E-state index in [1.165, 1.54) is 13.0 Å². The zero-order valence-electron chi connectivity index (χ0n) is 11.7. The van der Waals surface area contributed by atoms with Crippen LogP contribution in [0.1, 0.15) is 25.1 Å². The van der Waals surface area contributed by atoms with Crippen LogP contribution < -0.4 is 5.32 Å². The lowest BCUT2D eigenvalue weighted by atomic mass is 10.0. The monoisotopic (exact) mass is 251 g/mol. The number of nitrogens with one attached hydrogen (secondary N) is 1. The third-order valence-corrected chi connectivity index (χ3v) is 3.77. The summed E-state index contributed by atoms with van der Waals surface area (Å²) < 4.78 is 5.62. The van der Waals surface area contributed by atoms with Crippen molar-refractivity contribution in [3.8, 4) is 0 Å². The molecule has 1 saturated heterocycles. The standard InChI is InChI=1S/C14H25N3O/c1-4-15-14(13-7-5-10-18-13)12-11-16(2)8-6-9-17(12)3/h5,7,10,12,14-15H,4,6,8-9,11H2,1-3H3. The van der Waals surface area contributed by atoms with Gasteiger partial charge >= 0.3 is 0 Å². The Kier molecular flexibility index (Phi) is 4.80. The zero-order chi connectivity index (χ0) is 13.0. The Bertz CT molecular complexity index is 339. The highest BCUT2D eigenvalue weighted by Gasteiger charge is 2.30. The van der Waals surface area contributed by atoms with E-state index in [0.717, 1.165) is 25.4 Å². The normalized spacial score (nSPS) is 24.9. The molecule has 0 bridgehead atoms. The molecule has 0 amide bonds. The van der Waals surface area contributed by atoms with Gasteiger partial charge < -0.3 is 19.5 Å². The predicted octanol–water partition coefficient (Wildman–Crippen LogP) is 1.57. The van der Waals surface area contributed by atoms with Crippen LogP contribution in [0, 0.1) is 0 Å². The van der Waals surface area contributed by atoms with Crippen LogP contribution in [0.15, 0.2) is 22.8 Å². The van der Waals surface area contributed by atoms with Crippen molar-refractivity contribution >= 4 is 0 Å².